The van der Waals surface area contributed by atoms with E-state index in [9.17, 15) is 32.7 Å². The van der Waals surface area contributed by atoms with Crippen LogP contribution in [0, 0.1) is 5.41 Å². The maximum Gasteiger partial charge on any atom is 0.416 e. The first kappa shape index (κ1) is 30.0. The van der Waals surface area contributed by atoms with Gasteiger partial charge in [-0.3, -0.25) is 9.59 Å². The summed E-state index contributed by atoms with van der Waals surface area (Å²) in [7, 11) is 0. The number of Topliss-reactive ketones (excluding diaryl/α,β-unsaturated/α-hetero) is 1. The standard InChI is InChI=1S/C26H32F3NO7/c1-6-35-12-17-21(19(31)14-37-24(34)25(3,4)5)20(15-10-8-9-11-16(15)26(27,28)29)22(23(32)33)18(30-17)13-36-7-2/h8-11,20,30H,6-7,12-14H2,1-5H3,(H,32,33). The molecule has 1 heterocycles. The van der Waals surface area contributed by atoms with Crippen LogP contribution >= 0.6 is 0 Å². The van der Waals surface area contributed by atoms with E-state index in [1.165, 1.54) is 12.1 Å². The number of ether oxygens (including phenoxy) is 3. The number of hydrogen-bond donors (Lipinski definition) is 2. The lowest BCUT2D eigenvalue weighted by molar-refractivity contribution is -0.155. The van der Waals surface area contributed by atoms with Crippen LogP contribution < -0.4 is 5.32 Å². The number of alkyl halides is 3. The zero-order chi connectivity index (χ0) is 28.0. The number of carbonyl (C=O) groups excluding carboxylic acids is 2. The second kappa shape index (κ2) is 12.4. The number of dihydropyridines is 1. The lowest BCUT2D eigenvalue weighted by Crippen LogP contribution is -2.38. The summed E-state index contributed by atoms with van der Waals surface area (Å²) in [6.07, 6.45) is -4.84. The summed E-state index contributed by atoms with van der Waals surface area (Å²) in [5.41, 5.74) is -3.16. The number of carboxylic acids is 1. The number of aliphatic carboxylic acids is 1. The van der Waals surface area contributed by atoms with Crippen LogP contribution in [-0.4, -0.2) is 55.9 Å². The van der Waals surface area contributed by atoms with E-state index in [2.05, 4.69) is 5.32 Å². The number of halogens is 3. The van der Waals surface area contributed by atoms with Gasteiger partial charge >= 0.3 is 18.1 Å². The topological polar surface area (TPSA) is 111 Å². The number of carbonyl (C=O) groups is 3. The summed E-state index contributed by atoms with van der Waals surface area (Å²) in [6, 6.07) is 4.46. The second-order valence-electron chi connectivity index (χ2n) is 9.26. The fourth-order valence-corrected chi connectivity index (χ4v) is 3.77. The molecule has 37 heavy (non-hydrogen) atoms. The van der Waals surface area contributed by atoms with Crippen molar-refractivity contribution < 1.29 is 46.9 Å². The van der Waals surface area contributed by atoms with Crippen LogP contribution in [-0.2, 0) is 34.8 Å². The smallest absolute Gasteiger partial charge is 0.416 e. The SMILES string of the molecule is CCOCC1=C(C(=O)O)C(c2ccccc2C(F)(F)F)C(C(=O)COC(=O)C(C)(C)C)=C(COCC)N1. The Hall–Kier alpha value is -3.18. The Bertz CT molecular complexity index is 1080. The minimum Gasteiger partial charge on any atom is -0.478 e. The van der Waals surface area contributed by atoms with Crippen LogP contribution in [0.15, 0.2) is 46.8 Å². The van der Waals surface area contributed by atoms with Crippen molar-refractivity contribution in [2.45, 2.75) is 46.7 Å². The quantitative estimate of drug-likeness (QED) is 0.412. The Labute approximate surface area is 213 Å². The Balaban J connectivity index is 2.80. The van der Waals surface area contributed by atoms with Gasteiger partial charge in [-0.1, -0.05) is 18.2 Å². The van der Waals surface area contributed by atoms with Crippen LogP contribution in [0.2, 0.25) is 0 Å². The van der Waals surface area contributed by atoms with Gasteiger partial charge in [-0.2, -0.15) is 13.2 Å². The van der Waals surface area contributed by atoms with E-state index in [0.717, 1.165) is 12.1 Å². The predicted octanol–water partition coefficient (Wildman–Crippen LogP) is 4.22. The van der Waals surface area contributed by atoms with E-state index in [-0.39, 0.29) is 43.4 Å². The molecular weight excluding hydrogens is 495 g/mol. The third-order valence-electron chi connectivity index (χ3n) is 5.49. The summed E-state index contributed by atoms with van der Waals surface area (Å²) in [5.74, 6) is -4.72. The van der Waals surface area contributed by atoms with E-state index in [1.807, 2.05) is 0 Å². The van der Waals surface area contributed by atoms with E-state index >= 15 is 0 Å². The van der Waals surface area contributed by atoms with Crippen molar-refractivity contribution in [2.75, 3.05) is 33.0 Å². The van der Waals surface area contributed by atoms with Crippen LogP contribution in [0.3, 0.4) is 0 Å². The molecule has 0 aliphatic carbocycles. The summed E-state index contributed by atoms with van der Waals surface area (Å²) in [4.78, 5) is 38.2. The fraction of sp³-hybridized carbons (Fsp3) is 0.500. The molecule has 8 nitrogen and oxygen atoms in total. The summed E-state index contributed by atoms with van der Waals surface area (Å²) in [6.45, 7) is 7.26. The molecule has 0 bridgehead atoms. The molecule has 0 saturated carbocycles. The lowest BCUT2D eigenvalue weighted by atomic mass is 9.77. The van der Waals surface area contributed by atoms with Gasteiger partial charge in [0.2, 0.25) is 0 Å². The zero-order valence-electron chi connectivity index (χ0n) is 21.5. The molecule has 1 aromatic carbocycles. The minimum absolute atomic E-state index is 0.00531. The van der Waals surface area contributed by atoms with Crippen LogP contribution in [0.1, 0.15) is 51.7 Å². The molecule has 0 fully saturated rings. The maximum absolute atomic E-state index is 14.0. The molecule has 0 aromatic heterocycles. The molecule has 1 atom stereocenters. The Kier molecular flexibility index (Phi) is 10.0. The molecule has 0 amide bonds. The van der Waals surface area contributed by atoms with Gasteiger partial charge in [0.1, 0.15) is 0 Å². The number of nitrogens with one attached hydrogen (secondary N) is 1. The normalized spacial score (nSPS) is 16.5. The number of esters is 1. The first-order chi connectivity index (χ1) is 17.2. The van der Waals surface area contributed by atoms with Gasteiger partial charge in [0, 0.05) is 30.4 Å². The van der Waals surface area contributed by atoms with Gasteiger partial charge in [-0.05, 0) is 46.2 Å². The molecule has 11 heteroatoms. The van der Waals surface area contributed by atoms with Crippen LogP contribution in [0.4, 0.5) is 13.2 Å². The third kappa shape index (κ3) is 7.42. The molecule has 0 radical (unpaired) electrons. The van der Waals surface area contributed by atoms with E-state index < -0.39 is 58.5 Å². The van der Waals surface area contributed by atoms with Crippen molar-refractivity contribution in [3.8, 4) is 0 Å². The zero-order valence-corrected chi connectivity index (χ0v) is 21.5. The predicted molar refractivity (Wildman–Crippen MR) is 127 cm³/mol. The van der Waals surface area contributed by atoms with E-state index in [1.54, 1.807) is 34.6 Å². The molecule has 2 N–H and O–H groups in total. The highest BCUT2D eigenvalue weighted by atomic mass is 19.4. The molecule has 1 aliphatic rings. The average molecular weight is 528 g/mol. The van der Waals surface area contributed by atoms with Gasteiger partial charge in [0.25, 0.3) is 0 Å². The van der Waals surface area contributed by atoms with Crippen molar-refractivity contribution >= 4 is 17.7 Å². The van der Waals surface area contributed by atoms with Gasteiger partial charge in [0.15, 0.2) is 12.4 Å². The molecule has 1 aromatic rings. The number of ketones is 1. The lowest BCUT2D eigenvalue weighted by Gasteiger charge is -2.33. The molecule has 0 spiro atoms. The van der Waals surface area contributed by atoms with Crippen molar-refractivity contribution in [1.82, 2.24) is 5.32 Å². The van der Waals surface area contributed by atoms with E-state index in [0.29, 0.717) is 0 Å². The summed E-state index contributed by atoms with van der Waals surface area (Å²) >= 11 is 0. The number of benzene rings is 1. The number of carboxylic acid groups (broad SMARTS) is 1. The summed E-state index contributed by atoms with van der Waals surface area (Å²) in [5, 5.41) is 13.0. The molecule has 1 aliphatic heterocycles. The number of hydrogen-bond acceptors (Lipinski definition) is 7. The van der Waals surface area contributed by atoms with Gasteiger partial charge in [-0.15, -0.1) is 0 Å². The average Bonchev–Trinajstić information content (AvgIpc) is 2.82. The highest BCUT2D eigenvalue weighted by Crippen LogP contribution is 2.44. The maximum atomic E-state index is 14.0. The Morgan fingerprint density at radius 1 is 0.946 bits per heavy atom. The molecular formula is C26H32F3NO7. The first-order valence-electron chi connectivity index (χ1n) is 11.7. The van der Waals surface area contributed by atoms with Crippen LogP contribution in [0.5, 0.6) is 0 Å². The van der Waals surface area contributed by atoms with Crippen LogP contribution in [0.25, 0.3) is 0 Å². The molecule has 1 unspecified atom stereocenters. The first-order valence-corrected chi connectivity index (χ1v) is 11.7. The molecule has 204 valence electrons. The third-order valence-corrected chi connectivity index (χ3v) is 5.49. The van der Waals surface area contributed by atoms with Crippen molar-refractivity contribution in [1.29, 1.82) is 0 Å². The van der Waals surface area contributed by atoms with Gasteiger partial charge in [-0.25, -0.2) is 4.79 Å². The van der Waals surface area contributed by atoms with E-state index in [4.69, 9.17) is 14.2 Å². The number of rotatable bonds is 11. The van der Waals surface area contributed by atoms with Gasteiger partial charge < -0.3 is 24.6 Å². The fourth-order valence-electron chi connectivity index (χ4n) is 3.77. The highest BCUT2D eigenvalue weighted by Gasteiger charge is 2.43. The van der Waals surface area contributed by atoms with Gasteiger partial charge in [0.05, 0.1) is 35.5 Å². The Morgan fingerprint density at radius 2 is 1.49 bits per heavy atom. The minimum atomic E-state index is -4.84. The largest absolute Gasteiger partial charge is 0.478 e. The second-order valence-corrected chi connectivity index (χ2v) is 9.26. The highest BCUT2D eigenvalue weighted by molar-refractivity contribution is 6.04. The molecule has 0 saturated heterocycles. The molecule has 2 rings (SSSR count). The van der Waals surface area contributed by atoms with Crippen molar-refractivity contribution in [3.63, 3.8) is 0 Å². The van der Waals surface area contributed by atoms with Crippen molar-refractivity contribution in [2.24, 2.45) is 5.41 Å². The Morgan fingerprint density at radius 3 is 1.97 bits per heavy atom. The summed E-state index contributed by atoms with van der Waals surface area (Å²) < 4.78 is 58.1. The van der Waals surface area contributed by atoms with Crippen molar-refractivity contribution in [3.05, 3.63) is 57.9 Å². The monoisotopic (exact) mass is 527 g/mol.